The van der Waals surface area contributed by atoms with Gasteiger partial charge in [0.05, 0.1) is 5.69 Å². The first-order valence-electron chi connectivity index (χ1n) is 11.6. The lowest BCUT2D eigenvalue weighted by molar-refractivity contribution is 0.864. The predicted molar refractivity (Wildman–Crippen MR) is 139 cm³/mol. The fourth-order valence-electron chi connectivity index (χ4n) is 3.19. The van der Waals surface area contributed by atoms with Gasteiger partial charge in [-0.3, -0.25) is 9.97 Å². The van der Waals surface area contributed by atoms with Gasteiger partial charge in [0.15, 0.2) is 0 Å². The molecule has 2 aromatic carbocycles. The lowest BCUT2D eigenvalue weighted by Crippen LogP contribution is -1.90. The molecule has 0 spiro atoms. The van der Waals surface area contributed by atoms with Crippen LogP contribution in [0.4, 0.5) is 0 Å². The zero-order valence-corrected chi connectivity index (χ0v) is 20.3. The fraction of sp³-hybridized carbons (Fsp3) is 0.267. The molecule has 0 bridgehead atoms. The summed E-state index contributed by atoms with van der Waals surface area (Å²) in [4.78, 5) is 8.42. The SMILES string of the molecule is CC.CC(C)c1cccc(-c2ccncc2)c1.CC(C)c1ccnc(-c2ccccc2)c1. The van der Waals surface area contributed by atoms with E-state index in [9.17, 15) is 0 Å². The molecule has 2 heteroatoms. The second-order valence-electron chi connectivity index (χ2n) is 8.01. The van der Waals surface area contributed by atoms with E-state index >= 15 is 0 Å². The summed E-state index contributed by atoms with van der Waals surface area (Å²) in [6, 6.07) is 27.3. The minimum absolute atomic E-state index is 0.551. The summed E-state index contributed by atoms with van der Waals surface area (Å²) in [6.07, 6.45) is 5.55. The molecule has 0 aliphatic heterocycles. The van der Waals surface area contributed by atoms with E-state index in [4.69, 9.17) is 0 Å². The van der Waals surface area contributed by atoms with E-state index in [0.717, 1.165) is 5.69 Å². The van der Waals surface area contributed by atoms with Crippen molar-refractivity contribution in [2.24, 2.45) is 0 Å². The van der Waals surface area contributed by atoms with Crippen LogP contribution in [-0.4, -0.2) is 9.97 Å². The molecule has 0 saturated heterocycles. The van der Waals surface area contributed by atoms with E-state index in [1.165, 1.54) is 27.8 Å². The number of benzene rings is 2. The van der Waals surface area contributed by atoms with Crippen molar-refractivity contribution in [1.29, 1.82) is 0 Å². The normalized spacial score (nSPS) is 10.1. The molecule has 0 amide bonds. The summed E-state index contributed by atoms with van der Waals surface area (Å²) in [5.41, 5.74) is 7.45. The molecule has 0 saturated carbocycles. The molecular weight excluding hydrogens is 388 g/mol. The van der Waals surface area contributed by atoms with Crippen LogP contribution in [0.25, 0.3) is 22.4 Å². The Kier molecular flexibility index (Phi) is 10.3. The number of hydrogen-bond donors (Lipinski definition) is 0. The molecule has 4 rings (SSSR count). The fourth-order valence-corrected chi connectivity index (χ4v) is 3.19. The van der Waals surface area contributed by atoms with Gasteiger partial charge < -0.3 is 0 Å². The third-order valence-electron chi connectivity index (χ3n) is 5.09. The Labute approximate surface area is 194 Å². The summed E-state index contributed by atoms with van der Waals surface area (Å²) < 4.78 is 0. The van der Waals surface area contributed by atoms with E-state index < -0.39 is 0 Å². The van der Waals surface area contributed by atoms with Crippen LogP contribution >= 0.6 is 0 Å². The first-order valence-corrected chi connectivity index (χ1v) is 11.6. The van der Waals surface area contributed by atoms with Crippen LogP contribution in [0.5, 0.6) is 0 Å². The molecule has 0 aliphatic carbocycles. The molecule has 0 fully saturated rings. The van der Waals surface area contributed by atoms with Gasteiger partial charge in [-0.05, 0) is 58.4 Å². The third-order valence-corrected chi connectivity index (χ3v) is 5.09. The average molecular weight is 425 g/mol. The number of pyridine rings is 2. The second-order valence-corrected chi connectivity index (χ2v) is 8.01. The van der Waals surface area contributed by atoms with Crippen molar-refractivity contribution in [2.75, 3.05) is 0 Å². The topological polar surface area (TPSA) is 25.8 Å². The van der Waals surface area contributed by atoms with Crippen LogP contribution in [0.15, 0.2) is 97.5 Å². The molecule has 166 valence electrons. The Balaban J connectivity index is 0.000000211. The molecule has 0 N–H and O–H groups in total. The van der Waals surface area contributed by atoms with Crippen molar-refractivity contribution in [1.82, 2.24) is 9.97 Å². The maximum Gasteiger partial charge on any atom is 0.0704 e. The van der Waals surface area contributed by atoms with E-state index in [0.29, 0.717) is 11.8 Å². The third kappa shape index (κ3) is 7.46. The molecule has 2 heterocycles. The summed E-state index contributed by atoms with van der Waals surface area (Å²) in [5.74, 6) is 1.13. The number of aromatic nitrogens is 2. The van der Waals surface area contributed by atoms with E-state index in [2.05, 4.69) is 86.2 Å². The Morgan fingerprint density at radius 1 is 0.531 bits per heavy atom. The van der Waals surface area contributed by atoms with Crippen molar-refractivity contribution in [3.63, 3.8) is 0 Å². The summed E-state index contributed by atoms with van der Waals surface area (Å²) in [7, 11) is 0. The monoisotopic (exact) mass is 424 g/mol. The first kappa shape index (κ1) is 25.0. The van der Waals surface area contributed by atoms with Gasteiger partial charge >= 0.3 is 0 Å². The highest BCUT2D eigenvalue weighted by atomic mass is 14.7. The van der Waals surface area contributed by atoms with Gasteiger partial charge in [-0.2, -0.15) is 0 Å². The lowest BCUT2D eigenvalue weighted by atomic mass is 9.98. The largest absolute Gasteiger partial charge is 0.265 e. The Bertz CT molecular complexity index is 951. The lowest BCUT2D eigenvalue weighted by Gasteiger charge is -2.07. The van der Waals surface area contributed by atoms with Crippen LogP contribution in [-0.2, 0) is 0 Å². The molecule has 0 radical (unpaired) electrons. The maximum absolute atomic E-state index is 4.39. The van der Waals surface area contributed by atoms with Crippen LogP contribution in [0.2, 0.25) is 0 Å². The number of hydrogen-bond acceptors (Lipinski definition) is 2. The molecule has 4 aromatic rings. The van der Waals surface area contributed by atoms with Gasteiger partial charge in [-0.1, -0.05) is 96.1 Å². The van der Waals surface area contributed by atoms with Crippen LogP contribution in [0.1, 0.15) is 64.5 Å². The van der Waals surface area contributed by atoms with E-state index in [-0.39, 0.29) is 0 Å². The van der Waals surface area contributed by atoms with Gasteiger partial charge in [0.25, 0.3) is 0 Å². The molecule has 2 aromatic heterocycles. The van der Waals surface area contributed by atoms with Gasteiger partial charge in [-0.25, -0.2) is 0 Å². The van der Waals surface area contributed by atoms with Crippen molar-refractivity contribution < 1.29 is 0 Å². The van der Waals surface area contributed by atoms with Crippen molar-refractivity contribution >= 4 is 0 Å². The van der Waals surface area contributed by atoms with Crippen LogP contribution < -0.4 is 0 Å². The quantitative estimate of drug-likeness (QED) is 0.327. The Morgan fingerprint density at radius 3 is 1.75 bits per heavy atom. The smallest absolute Gasteiger partial charge is 0.0704 e. The molecule has 0 atom stereocenters. The highest BCUT2D eigenvalue weighted by Crippen LogP contribution is 2.23. The van der Waals surface area contributed by atoms with Gasteiger partial charge in [0.2, 0.25) is 0 Å². The first-order chi connectivity index (χ1) is 15.5. The highest BCUT2D eigenvalue weighted by molar-refractivity contribution is 5.63. The van der Waals surface area contributed by atoms with Crippen molar-refractivity contribution in [3.8, 4) is 22.4 Å². The van der Waals surface area contributed by atoms with Crippen LogP contribution in [0.3, 0.4) is 0 Å². The molecule has 0 unspecified atom stereocenters. The van der Waals surface area contributed by atoms with Crippen LogP contribution in [0, 0.1) is 0 Å². The van der Waals surface area contributed by atoms with E-state index in [1.54, 1.807) is 0 Å². The Morgan fingerprint density at radius 2 is 1.12 bits per heavy atom. The minimum Gasteiger partial charge on any atom is -0.265 e. The summed E-state index contributed by atoms with van der Waals surface area (Å²) >= 11 is 0. The molecule has 0 aliphatic rings. The van der Waals surface area contributed by atoms with Crippen molar-refractivity contribution in [3.05, 3.63) is 109 Å². The number of rotatable bonds is 4. The molecule has 2 nitrogen and oxygen atoms in total. The maximum atomic E-state index is 4.39. The summed E-state index contributed by atoms with van der Waals surface area (Å²) in [5, 5.41) is 0. The predicted octanol–water partition coefficient (Wildman–Crippen LogP) is 8.77. The zero-order chi connectivity index (χ0) is 23.3. The van der Waals surface area contributed by atoms with E-state index in [1.807, 2.05) is 62.8 Å². The van der Waals surface area contributed by atoms with Gasteiger partial charge in [0, 0.05) is 24.2 Å². The zero-order valence-electron chi connectivity index (χ0n) is 20.3. The average Bonchev–Trinajstić information content (AvgIpc) is 2.87. The second kappa shape index (κ2) is 13.2. The Hall–Kier alpha value is -3.26. The number of nitrogens with zero attached hydrogens (tertiary/aromatic N) is 2. The van der Waals surface area contributed by atoms with Gasteiger partial charge in [-0.15, -0.1) is 0 Å². The van der Waals surface area contributed by atoms with Crippen molar-refractivity contribution in [2.45, 2.75) is 53.4 Å². The summed E-state index contributed by atoms with van der Waals surface area (Å²) in [6.45, 7) is 12.8. The standard InChI is InChI=1S/2C14H15N.C2H6/c1-11(2)13-4-3-5-14(10-13)12-6-8-15-9-7-12;1-11(2)13-8-9-15-14(10-13)12-6-4-3-5-7-12;1-2/h2*3-11H,1-2H3;1-2H3. The highest BCUT2D eigenvalue weighted by Gasteiger charge is 2.03. The molecular formula is C30H36N2. The van der Waals surface area contributed by atoms with Gasteiger partial charge in [0.1, 0.15) is 0 Å². The molecule has 32 heavy (non-hydrogen) atoms. The minimum atomic E-state index is 0.551.